The number of imidazole rings is 1. The van der Waals surface area contributed by atoms with Crippen LogP contribution in [0.15, 0.2) is 48.5 Å². The molecule has 34 heavy (non-hydrogen) atoms. The monoisotopic (exact) mass is 464 g/mol. The standard InChI is InChI=1S/C31H45FN2/c1-2-3-4-5-6-7-8-9-10-11-12-13-14-15-16-19-26-34-30-21-18-17-20-29(30)33-31(34)27-22-24-28(32)25-23-27/h17-18,20-25H,2-16,19,26H2,1H3. The molecule has 0 saturated carbocycles. The van der Waals surface area contributed by atoms with Gasteiger partial charge in [0.2, 0.25) is 0 Å². The summed E-state index contributed by atoms with van der Waals surface area (Å²) in [5, 5.41) is 0. The minimum Gasteiger partial charge on any atom is -0.324 e. The molecule has 0 amide bonds. The molecule has 0 fully saturated rings. The maximum atomic E-state index is 13.4. The topological polar surface area (TPSA) is 17.8 Å². The normalized spacial score (nSPS) is 11.5. The maximum absolute atomic E-state index is 13.4. The van der Waals surface area contributed by atoms with Gasteiger partial charge >= 0.3 is 0 Å². The van der Waals surface area contributed by atoms with Crippen molar-refractivity contribution >= 4 is 11.0 Å². The highest BCUT2D eigenvalue weighted by atomic mass is 19.1. The van der Waals surface area contributed by atoms with Crippen molar-refractivity contribution < 1.29 is 4.39 Å². The van der Waals surface area contributed by atoms with Crippen LogP contribution in [-0.4, -0.2) is 9.55 Å². The minimum absolute atomic E-state index is 0.204. The number of aryl methyl sites for hydroxylation is 1. The molecule has 0 bridgehead atoms. The highest BCUT2D eigenvalue weighted by molar-refractivity contribution is 5.80. The van der Waals surface area contributed by atoms with E-state index in [1.807, 2.05) is 18.2 Å². The molecule has 2 aromatic carbocycles. The van der Waals surface area contributed by atoms with E-state index in [-0.39, 0.29) is 5.82 Å². The minimum atomic E-state index is -0.204. The number of nitrogens with zero attached hydrogens (tertiary/aromatic N) is 2. The van der Waals surface area contributed by atoms with Gasteiger partial charge < -0.3 is 4.57 Å². The maximum Gasteiger partial charge on any atom is 0.141 e. The smallest absolute Gasteiger partial charge is 0.141 e. The average Bonchev–Trinajstić information content (AvgIpc) is 3.23. The van der Waals surface area contributed by atoms with Crippen LogP contribution in [-0.2, 0) is 6.54 Å². The van der Waals surface area contributed by atoms with Crippen LogP contribution in [0.3, 0.4) is 0 Å². The van der Waals surface area contributed by atoms with Gasteiger partial charge in [-0.2, -0.15) is 0 Å². The zero-order valence-corrected chi connectivity index (χ0v) is 21.4. The number of halogens is 1. The second kappa shape index (κ2) is 15.7. The van der Waals surface area contributed by atoms with Crippen molar-refractivity contribution in [2.24, 2.45) is 0 Å². The number of aromatic nitrogens is 2. The zero-order valence-electron chi connectivity index (χ0n) is 21.4. The van der Waals surface area contributed by atoms with Crippen LogP contribution in [0.4, 0.5) is 4.39 Å². The van der Waals surface area contributed by atoms with Gasteiger partial charge in [0.15, 0.2) is 0 Å². The molecule has 1 aromatic heterocycles. The first-order valence-corrected chi connectivity index (χ1v) is 14.0. The average molecular weight is 465 g/mol. The SMILES string of the molecule is CCCCCCCCCCCCCCCCCCn1c(-c2ccc(F)cc2)nc2ccccc21. The number of unbranched alkanes of at least 4 members (excludes halogenated alkanes) is 15. The van der Waals surface area contributed by atoms with E-state index in [9.17, 15) is 4.39 Å². The fourth-order valence-corrected chi connectivity index (χ4v) is 4.94. The molecule has 0 saturated heterocycles. The Bertz CT molecular complexity index is 928. The number of para-hydroxylation sites is 2. The lowest BCUT2D eigenvalue weighted by atomic mass is 10.0. The summed E-state index contributed by atoms with van der Waals surface area (Å²) >= 11 is 0. The van der Waals surface area contributed by atoms with E-state index >= 15 is 0 Å². The molecular weight excluding hydrogens is 419 g/mol. The number of hydrogen-bond donors (Lipinski definition) is 0. The lowest BCUT2D eigenvalue weighted by molar-refractivity contribution is 0.523. The molecule has 0 spiro atoms. The van der Waals surface area contributed by atoms with E-state index in [2.05, 4.69) is 29.7 Å². The molecule has 0 aliphatic heterocycles. The first-order valence-electron chi connectivity index (χ1n) is 14.0. The summed E-state index contributed by atoms with van der Waals surface area (Å²) in [5.74, 6) is 0.742. The predicted octanol–water partition coefficient (Wildman–Crippen LogP) is 10.1. The number of fused-ring (bicyclic) bond motifs is 1. The Labute approximate surface area is 207 Å². The van der Waals surface area contributed by atoms with E-state index in [4.69, 9.17) is 4.98 Å². The highest BCUT2D eigenvalue weighted by Gasteiger charge is 2.12. The van der Waals surface area contributed by atoms with E-state index in [0.29, 0.717) is 0 Å². The fraction of sp³-hybridized carbons (Fsp3) is 0.581. The number of hydrogen-bond acceptors (Lipinski definition) is 1. The van der Waals surface area contributed by atoms with Crippen LogP contribution in [0.25, 0.3) is 22.4 Å². The van der Waals surface area contributed by atoms with Gasteiger partial charge in [0, 0.05) is 12.1 Å². The molecule has 0 aliphatic carbocycles. The quantitative estimate of drug-likeness (QED) is 0.171. The van der Waals surface area contributed by atoms with Gasteiger partial charge in [-0.25, -0.2) is 9.37 Å². The Morgan fingerprint density at radius 3 is 1.68 bits per heavy atom. The second-order valence-corrected chi connectivity index (χ2v) is 9.89. The third kappa shape index (κ3) is 8.89. The number of rotatable bonds is 18. The largest absolute Gasteiger partial charge is 0.324 e. The van der Waals surface area contributed by atoms with Crippen molar-refractivity contribution in [1.82, 2.24) is 9.55 Å². The molecular formula is C31H45FN2. The third-order valence-electron chi connectivity index (χ3n) is 6.99. The second-order valence-electron chi connectivity index (χ2n) is 9.89. The van der Waals surface area contributed by atoms with Gasteiger partial charge in [0.1, 0.15) is 11.6 Å². The first-order chi connectivity index (χ1) is 16.8. The first kappa shape index (κ1) is 26.4. The van der Waals surface area contributed by atoms with E-state index in [0.717, 1.165) is 29.9 Å². The lowest BCUT2D eigenvalue weighted by Gasteiger charge is -2.10. The van der Waals surface area contributed by atoms with Crippen molar-refractivity contribution in [2.75, 3.05) is 0 Å². The Kier molecular flexibility index (Phi) is 12.2. The summed E-state index contributed by atoms with van der Waals surface area (Å²) in [6.07, 6.45) is 22.1. The van der Waals surface area contributed by atoms with Gasteiger partial charge in [-0.1, -0.05) is 115 Å². The molecule has 0 N–H and O–H groups in total. The highest BCUT2D eigenvalue weighted by Crippen LogP contribution is 2.26. The fourth-order valence-electron chi connectivity index (χ4n) is 4.94. The molecule has 0 unspecified atom stereocenters. The van der Waals surface area contributed by atoms with Crippen molar-refractivity contribution in [3.63, 3.8) is 0 Å². The Hall–Kier alpha value is -2.16. The van der Waals surface area contributed by atoms with Gasteiger partial charge in [0.25, 0.3) is 0 Å². The van der Waals surface area contributed by atoms with Gasteiger partial charge in [-0.3, -0.25) is 0 Å². The van der Waals surface area contributed by atoms with Crippen LogP contribution in [0, 0.1) is 5.82 Å². The van der Waals surface area contributed by atoms with Crippen molar-refractivity contribution in [3.8, 4) is 11.4 Å². The summed E-state index contributed by atoms with van der Waals surface area (Å²) < 4.78 is 15.7. The Morgan fingerprint density at radius 2 is 1.12 bits per heavy atom. The molecule has 1 heterocycles. The van der Waals surface area contributed by atoms with Gasteiger partial charge in [-0.15, -0.1) is 0 Å². The molecule has 0 aliphatic rings. The van der Waals surface area contributed by atoms with E-state index in [1.165, 1.54) is 114 Å². The van der Waals surface area contributed by atoms with E-state index < -0.39 is 0 Å². The summed E-state index contributed by atoms with van der Waals surface area (Å²) in [7, 11) is 0. The third-order valence-corrected chi connectivity index (χ3v) is 6.99. The summed E-state index contributed by atoms with van der Waals surface area (Å²) in [4.78, 5) is 4.85. The van der Waals surface area contributed by atoms with Crippen LogP contribution in [0.1, 0.15) is 110 Å². The molecule has 3 heteroatoms. The Balaban J connectivity index is 1.28. The Morgan fingerprint density at radius 1 is 0.618 bits per heavy atom. The van der Waals surface area contributed by atoms with E-state index in [1.54, 1.807) is 0 Å². The molecule has 186 valence electrons. The van der Waals surface area contributed by atoms with Crippen LogP contribution in [0.5, 0.6) is 0 Å². The van der Waals surface area contributed by atoms with Gasteiger partial charge in [-0.05, 0) is 42.8 Å². The predicted molar refractivity (Wildman–Crippen MR) is 145 cm³/mol. The van der Waals surface area contributed by atoms with Gasteiger partial charge in [0.05, 0.1) is 11.0 Å². The van der Waals surface area contributed by atoms with Crippen molar-refractivity contribution in [3.05, 3.63) is 54.3 Å². The van der Waals surface area contributed by atoms with Crippen LogP contribution >= 0.6 is 0 Å². The molecule has 2 nitrogen and oxygen atoms in total. The van der Waals surface area contributed by atoms with Crippen molar-refractivity contribution in [1.29, 1.82) is 0 Å². The molecule has 0 radical (unpaired) electrons. The van der Waals surface area contributed by atoms with Crippen LogP contribution < -0.4 is 0 Å². The lowest BCUT2D eigenvalue weighted by Crippen LogP contribution is -2.01. The molecule has 3 aromatic rings. The summed E-state index contributed by atoms with van der Waals surface area (Å²) in [6, 6.07) is 15.0. The summed E-state index contributed by atoms with van der Waals surface area (Å²) in [6.45, 7) is 3.25. The molecule has 0 atom stereocenters. The number of benzene rings is 2. The van der Waals surface area contributed by atoms with Crippen LogP contribution in [0.2, 0.25) is 0 Å². The summed E-state index contributed by atoms with van der Waals surface area (Å²) in [5.41, 5.74) is 3.16. The molecule has 3 rings (SSSR count). The zero-order chi connectivity index (χ0) is 23.8. The van der Waals surface area contributed by atoms with Crippen molar-refractivity contribution in [2.45, 2.75) is 116 Å².